The van der Waals surface area contributed by atoms with E-state index in [0.29, 0.717) is 0 Å². The van der Waals surface area contributed by atoms with Crippen LogP contribution in [0.4, 0.5) is 0 Å². The second-order valence-electron chi connectivity index (χ2n) is 10.4. The van der Waals surface area contributed by atoms with E-state index in [1.165, 1.54) is 0 Å². The Balaban J connectivity index is 6.07. The third-order valence-corrected chi connectivity index (χ3v) is 43.5. The average molecular weight is 623 g/mol. The summed E-state index contributed by atoms with van der Waals surface area (Å²) < 4.78 is 26.2. The van der Waals surface area contributed by atoms with Gasteiger partial charge in [-0.15, -0.1) is 0 Å². The molecule has 0 amide bonds. The molecule has 0 aliphatic carbocycles. The van der Waals surface area contributed by atoms with Crippen molar-refractivity contribution in [3.05, 3.63) is 0 Å². The lowest BCUT2D eigenvalue weighted by atomic mass is 10.6. The summed E-state index contributed by atoms with van der Waals surface area (Å²) in [4.78, 5) is 0. The molecule has 0 aliphatic heterocycles. The van der Waals surface area contributed by atoms with E-state index >= 15 is 0 Å². The van der Waals surface area contributed by atoms with Crippen molar-refractivity contribution in [2.75, 3.05) is 26.4 Å². The molecule has 0 aromatic carbocycles. The molecule has 0 bridgehead atoms. The molecule has 0 fully saturated rings. The zero-order chi connectivity index (χ0) is 26.9. The van der Waals surface area contributed by atoms with Crippen molar-refractivity contribution in [1.29, 1.82) is 0 Å². The molecule has 0 unspecified atom stereocenters. The summed E-state index contributed by atoms with van der Waals surface area (Å²) in [7, 11) is -0.170. The largest absolute Gasteiger partial charge is 0.416 e. The topological polar surface area (TPSA) is 36.9 Å². The molecule has 0 spiro atoms. The van der Waals surface area contributed by atoms with Crippen LogP contribution in [0.1, 0.15) is 54.4 Å². The minimum absolute atomic E-state index is 0.0544. The van der Waals surface area contributed by atoms with Gasteiger partial charge in [-0.2, -0.15) is 0 Å². The van der Waals surface area contributed by atoms with Gasteiger partial charge in [0, 0.05) is 26.4 Å². The highest BCUT2D eigenvalue weighted by atomic mass is 33.7. The minimum Gasteiger partial charge on any atom is -0.416 e. The van der Waals surface area contributed by atoms with Gasteiger partial charge in [0.05, 0.1) is 7.99 Å². The van der Waals surface area contributed by atoms with Crippen LogP contribution in [0.25, 0.3) is 0 Å². The van der Waals surface area contributed by atoms with Crippen LogP contribution in [0, 0.1) is 0 Å². The van der Waals surface area contributed by atoms with Crippen molar-refractivity contribution in [1.82, 2.24) is 0 Å². The Bertz CT molecular complexity index is 509. The maximum Gasteiger partial charge on any atom is 0.202 e. The minimum atomic E-state index is -2.03. The van der Waals surface area contributed by atoms with Gasteiger partial charge in [-0.1, -0.05) is 35.4 Å². The number of hydrogen-bond donors (Lipinski definition) is 0. The summed E-state index contributed by atoms with van der Waals surface area (Å²) in [5.74, 6) is 0. The van der Waals surface area contributed by atoms with Gasteiger partial charge in [-0.25, -0.2) is 0 Å². The molecule has 0 aliphatic rings. The SMILES string of the molecule is CCO[Si](C)(C)C(CC)(SSSSC(CC)([Si](C)(C)OCC)[Si](C)(C)OCC)[Si](C)(C)OCC. The van der Waals surface area contributed by atoms with E-state index in [-0.39, 0.29) is 7.99 Å². The first-order valence-electron chi connectivity index (χ1n) is 12.8. The molecule has 0 N–H and O–H groups in total. The van der Waals surface area contributed by atoms with Crippen LogP contribution in [0.5, 0.6) is 0 Å². The number of rotatable bonds is 19. The molecule has 0 atom stereocenters. The Kier molecular flexibility index (Phi) is 16.0. The fourth-order valence-corrected chi connectivity index (χ4v) is 46.4. The Morgan fingerprint density at radius 3 is 0.794 bits per heavy atom. The Morgan fingerprint density at radius 1 is 0.441 bits per heavy atom. The lowest BCUT2D eigenvalue weighted by molar-refractivity contribution is 0.297. The second-order valence-corrected chi connectivity index (χ2v) is 35.8. The van der Waals surface area contributed by atoms with Crippen molar-refractivity contribution < 1.29 is 17.7 Å². The highest BCUT2D eigenvalue weighted by Gasteiger charge is 2.62. The van der Waals surface area contributed by atoms with Gasteiger partial charge in [-0.3, -0.25) is 0 Å². The fraction of sp³-hybridized carbons (Fsp3) is 1.00. The third kappa shape index (κ3) is 7.83. The summed E-state index contributed by atoms with van der Waals surface area (Å²) in [5, 5.41) is 0. The first kappa shape index (κ1) is 36.1. The van der Waals surface area contributed by atoms with E-state index in [1.807, 2.05) is 41.2 Å². The van der Waals surface area contributed by atoms with Crippen LogP contribution in [0.15, 0.2) is 0 Å². The standard InChI is InChI=1S/C22H54O4S4Si4/c1-15-21(31(7,8)23-17-3,32(9,10)24-18-4)27-29-30-28-22(16-2,33(11,12)25-19-5)34(13,14)26-20-6/h15-20H2,1-14H3. The molecule has 0 rings (SSSR count). The zero-order valence-electron chi connectivity index (χ0n) is 24.5. The van der Waals surface area contributed by atoms with E-state index in [0.717, 1.165) is 39.3 Å². The van der Waals surface area contributed by atoms with Gasteiger partial charge in [0.1, 0.15) is 0 Å². The summed E-state index contributed by atoms with van der Waals surface area (Å²) >= 11 is 0. The molecular weight excluding hydrogens is 569 g/mol. The lowest BCUT2D eigenvalue weighted by Gasteiger charge is -2.52. The van der Waals surface area contributed by atoms with Gasteiger partial charge in [-0.05, 0) is 113 Å². The van der Waals surface area contributed by atoms with Crippen LogP contribution in [-0.4, -0.2) is 67.7 Å². The first-order valence-corrected chi connectivity index (χ1v) is 29.3. The van der Waals surface area contributed by atoms with Crippen molar-refractivity contribution in [3.8, 4) is 0 Å². The van der Waals surface area contributed by atoms with E-state index in [4.69, 9.17) is 17.7 Å². The van der Waals surface area contributed by atoms with Gasteiger partial charge in [0.25, 0.3) is 0 Å². The van der Waals surface area contributed by atoms with Gasteiger partial charge in [0.15, 0.2) is 0 Å². The van der Waals surface area contributed by atoms with Crippen LogP contribution in [0.2, 0.25) is 52.4 Å². The van der Waals surface area contributed by atoms with Crippen molar-refractivity contribution >= 4 is 74.5 Å². The predicted octanol–water partition coefficient (Wildman–Crippen LogP) is 9.09. The van der Waals surface area contributed by atoms with Crippen LogP contribution in [0.3, 0.4) is 0 Å². The van der Waals surface area contributed by atoms with Gasteiger partial charge in [0.2, 0.25) is 33.3 Å². The summed E-state index contributed by atoms with van der Waals surface area (Å²) in [6, 6.07) is 0. The maximum atomic E-state index is 6.53. The average Bonchev–Trinajstić information content (AvgIpc) is 2.70. The fourth-order valence-electron chi connectivity index (χ4n) is 5.73. The molecule has 12 heteroatoms. The second kappa shape index (κ2) is 15.0. The molecule has 0 saturated carbocycles. The molecule has 206 valence electrons. The molecule has 34 heavy (non-hydrogen) atoms. The predicted molar refractivity (Wildman–Crippen MR) is 173 cm³/mol. The first-order chi connectivity index (χ1) is 15.6. The summed E-state index contributed by atoms with van der Waals surface area (Å²) in [6.45, 7) is 35.4. The smallest absolute Gasteiger partial charge is 0.202 e. The Hall–Kier alpha value is 2.11. The highest BCUT2D eigenvalue weighted by Crippen LogP contribution is 2.61. The summed E-state index contributed by atoms with van der Waals surface area (Å²) in [5.41, 5.74) is 0. The quantitative estimate of drug-likeness (QED) is 0.0802. The molecular formula is C22H54O4S4Si4. The normalized spacial score (nSPS) is 14.6. The Morgan fingerprint density at radius 2 is 0.647 bits per heavy atom. The Labute approximate surface area is 232 Å². The van der Waals surface area contributed by atoms with E-state index in [9.17, 15) is 0 Å². The van der Waals surface area contributed by atoms with Crippen molar-refractivity contribution in [2.24, 2.45) is 0 Å². The zero-order valence-corrected chi connectivity index (χ0v) is 31.8. The van der Waals surface area contributed by atoms with E-state index < -0.39 is 33.3 Å². The molecule has 0 aromatic rings. The van der Waals surface area contributed by atoms with Gasteiger partial charge < -0.3 is 17.7 Å². The van der Waals surface area contributed by atoms with E-state index in [1.54, 1.807) is 0 Å². The molecule has 0 radical (unpaired) electrons. The van der Waals surface area contributed by atoms with Crippen LogP contribution in [-0.2, 0) is 17.7 Å². The molecule has 0 heterocycles. The third-order valence-electron chi connectivity index (χ3n) is 7.29. The van der Waals surface area contributed by atoms with Gasteiger partial charge >= 0.3 is 0 Å². The van der Waals surface area contributed by atoms with Crippen molar-refractivity contribution in [3.63, 3.8) is 0 Å². The monoisotopic (exact) mass is 622 g/mol. The maximum absolute atomic E-state index is 6.53. The lowest BCUT2D eigenvalue weighted by Crippen LogP contribution is -2.69. The summed E-state index contributed by atoms with van der Waals surface area (Å²) in [6.07, 6.45) is 2.15. The van der Waals surface area contributed by atoms with Crippen LogP contribution >= 0.6 is 41.2 Å². The molecule has 4 nitrogen and oxygen atoms in total. The van der Waals surface area contributed by atoms with E-state index in [2.05, 4.69) is 93.9 Å². The molecule has 0 aromatic heterocycles. The number of hydrogen-bond acceptors (Lipinski definition) is 8. The van der Waals surface area contributed by atoms with Crippen LogP contribution < -0.4 is 0 Å². The highest BCUT2D eigenvalue weighted by molar-refractivity contribution is 9.26. The van der Waals surface area contributed by atoms with Crippen molar-refractivity contribution in [2.45, 2.75) is 115 Å². The molecule has 0 saturated heterocycles.